The van der Waals surface area contributed by atoms with Gasteiger partial charge in [0.05, 0.1) is 6.54 Å². The van der Waals surface area contributed by atoms with E-state index in [0.717, 1.165) is 12.8 Å². The van der Waals surface area contributed by atoms with Gasteiger partial charge in [-0.1, -0.05) is 13.8 Å². The number of aliphatic carboxylic acids is 1. The van der Waals surface area contributed by atoms with Crippen LogP contribution < -0.4 is 5.32 Å². The van der Waals surface area contributed by atoms with E-state index in [-0.39, 0.29) is 23.9 Å². The first-order valence-corrected chi connectivity index (χ1v) is 6.54. The molecule has 18 heavy (non-hydrogen) atoms. The molecular formula is C13H24N2O3. The first-order chi connectivity index (χ1) is 8.26. The Balaban J connectivity index is 2.57. The number of nitrogens with one attached hydrogen (secondary N) is 1. The number of rotatable bonds is 5. The topological polar surface area (TPSA) is 69.6 Å². The molecular weight excluding hydrogens is 232 g/mol. The SMILES string of the molecule is CCC(C)(C)NC(=O)CN1CCC(C)C1C(=O)O. The number of carbonyl (C=O) groups excluding carboxylic acids is 1. The highest BCUT2D eigenvalue weighted by Crippen LogP contribution is 2.23. The van der Waals surface area contributed by atoms with Crippen LogP contribution in [0.25, 0.3) is 0 Å². The molecule has 1 aliphatic heterocycles. The lowest BCUT2D eigenvalue weighted by atomic mass is 10.0. The number of amides is 1. The summed E-state index contributed by atoms with van der Waals surface area (Å²) in [7, 11) is 0. The van der Waals surface area contributed by atoms with Crippen LogP contribution in [-0.4, -0.2) is 46.6 Å². The van der Waals surface area contributed by atoms with Gasteiger partial charge in [0.1, 0.15) is 6.04 Å². The molecule has 0 aromatic carbocycles. The maximum atomic E-state index is 11.9. The molecule has 2 N–H and O–H groups in total. The van der Waals surface area contributed by atoms with Gasteiger partial charge in [0.25, 0.3) is 0 Å². The maximum Gasteiger partial charge on any atom is 0.321 e. The average molecular weight is 256 g/mol. The van der Waals surface area contributed by atoms with E-state index in [1.54, 1.807) is 4.90 Å². The minimum absolute atomic E-state index is 0.0952. The van der Waals surface area contributed by atoms with Crippen LogP contribution in [0.2, 0.25) is 0 Å². The maximum absolute atomic E-state index is 11.9. The van der Waals surface area contributed by atoms with Gasteiger partial charge in [0.15, 0.2) is 0 Å². The second-order valence-corrected chi connectivity index (χ2v) is 5.81. The van der Waals surface area contributed by atoms with Crippen molar-refractivity contribution in [3.8, 4) is 0 Å². The van der Waals surface area contributed by atoms with Gasteiger partial charge in [0, 0.05) is 5.54 Å². The molecule has 1 fully saturated rings. The monoisotopic (exact) mass is 256 g/mol. The van der Waals surface area contributed by atoms with E-state index in [1.165, 1.54) is 0 Å². The molecule has 1 heterocycles. The smallest absolute Gasteiger partial charge is 0.321 e. The van der Waals surface area contributed by atoms with Crippen LogP contribution in [0.5, 0.6) is 0 Å². The number of carbonyl (C=O) groups is 2. The molecule has 1 saturated heterocycles. The number of carboxylic acid groups (broad SMARTS) is 1. The quantitative estimate of drug-likeness (QED) is 0.772. The molecule has 0 bridgehead atoms. The molecule has 5 heteroatoms. The second-order valence-electron chi connectivity index (χ2n) is 5.81. The van der Waals surface area contributed by atoms with Gasteiger partial charge in [-0.3, -0.25) is 14.5 Å². The average Bonchev–Trinajstić information content (AvgIpc) is 2.58. The molecule has 5 nitrogen and oxygen atoms in total. The Morgan fingerprint density at radius 2 is 2.06 bits per heavy atom. The molecule has 0 aromatic rings. The van der Waals surface area contributed by atoms with Crippen molar-refractivity contribution in [2.75, 3.05) is 13.1 Å². The standard InChI is InChI=1S/C13H24N2O3/c1-5-13(3,4)14-10(16)8-15-7-6-9(2)11(15)12(17)18/h9,11H,5-8H2,1-4H3,(H,14,16)(H,17,18). The number of nitrogens with zero attached hydrogens (tertiary/aromatic N) is 1. The fourth-order valence-electron chi connectivity index (χ4n) is 2.29. The number of hydrogen-bond donors (Lipinski definition) is 2. The van der Waals surface area contributed by atoms with Crippen LogP contribution in [0.4, 0.5) is 0 Å². The third-order valence-electron chi connectivity index (χ3n) is 3.77. The van der Waals surface area contributed by atoms with Crippen molar-refractivity contribution in [3.05, 3.63) is 0 Å². The Kier molecular flexibility index (Phi) is 4.73. The highest BCUT2D eigenvalue weighted by Gasteiger charge is 2.37. The van der Waals surface area contributed by atoms with Crippen molar-refractivity contribution >= 4 is 11.9 Å². The Labute approximate surface area is 109 Å². The summed E-state index contributed by atoms with van der Waals surface area (Å²) in [6, 6.07) is -0.527. The van der Waals surface area contributed by atoms with E-state index < -0.39 is 12.0 Å². The molecule has 1 rings (SSSR count). The van der Waals surface area contributed by atoms with Gasteiger partial charge in [0.2, 0.25) is 5.91 Å². The lowest BCUT2D eigenvalue weighted by Crippen LogP contribution is -2.49. The van der Waals surface area contributed by atoms with Crippen LogP contribution in [0.1, 0.15) is 40.5 Å². The summed E-state index contributed by atoms with van der Waals surface area (Å²) in [5.41, 5.74) is -0.235. The van der Waals surface area contributed by atoms with Crippen LogP contribution in [0.15, 0.2) is 0 Å². The molecule has 2 unspecified atom stereocenters. The Bertz CT molecular complexity index is 328. The van der Waals surface area contributed by atoms with E-state index in [1.807, 2.05) is 27.7 Å². The minimum atomic E-state index is -0.831. The molecule has 1 aliphatic rings. The van der Waals surface area contributed by atoms with E-state index >= 15 is 0 Å². The zero-order valence-corrected chi connectivity index (χ0v) is 11.7. The lowest BCUT2D eigenvalue weighted by molar-refractivity contribution is -0.143. The number of carboxylic acids is 1. The molecule has 0 spiro atoms. The van der Waals surface area contributed by atoms with Gasteiger partial charge in [-0.15, -0.1) is 0 Å². The van der Waals surface area contributed by atoms with Crippen LogP contribution in [0, 0.1) is 5.92 Å². The van der Waals surface area contributed by atoms with Gasteiger partial charge in [-0.25, -0.2) is 0 Å². The number of hydrogen-bond acceptors (Lipinski definition) is 3. The van der Waals surface area contributed by atoms with Gasteiger partial charge >= 0.3 is 5.97 Å². The summed E-state index contributed by atoms with van der Waals surface area (Å²) >= 11 is 0. The minimum Gasteiger partial charge on any atom is -0.480 e. The molecule has 0 radical (unpaired) electrons. The molecule has 2 atom stereocenters. The molecule has 104 valence electrons. The van der Waals surface area contributed by atoms with E-state index in [9.17, 15) is 14.7 Å². The van der Waals surface area contributed by atoms with Crippen molar-refractivity contribution in [1.82, 2.24) is 10.2 Å². The predicted octanol–water partition coefficient (Wildman–Crippen LogP) is 1.09. The largest absolute Gasteiger partial charge is 0.480 e. The van der Waals surface area contributed by atoms with Crippen molar-refractivity contribution in [3.63, 3.8) is 0 Å². The Morgan fingerprint density at radius 1 is 1.44 bits per heavy atom. The van der Waals surface area contributed by atoms with Gasteiger partial charge < -0.3 is 10.4 Å². The molecule has 0 aromatic heterocycles. The van der Waals surface area contributed by atoms with E-state index in [0.29, 0.717) is 6.54 Å². The van der Waals surface area contributed by atoms with Crippen molar-refractivity contribution in [2.45, 2.75) is 52.1 Å². The molecule has 1 amide bonds. The van der Waals surface area contributed by atoms with E-state index in [4.69, 9.17) is 0 Å². The summed E-state index contributed by atoms with van der Waals surface area (Å²) in [6.45, 7) is 8.71. The van der Waals surface area contributed by atoms with Crippen LogP contribution >= 0.6 is 0 Å². The highest BCUT2D eigenvalue weighted by atomic mass is 16.4. The summed E-state index contributed by atoms with van der Waals surface area (Å²) < 4.78 is 0. The first kappa shape index (κ1) is 15.0. The third-order valence-corrected chi connectivity index (χ3v) is 3.77. The Hall–Kier alpha value is -1.10. The zero-order chi connectivity index (χ0) is 13.9. The fraction of sp³-hybridized carbons (Fsp3) is 0.846. The number of likely N-dealkylation sites (tertiary alicyclic amines) is 1. The van der Waals surface area contributed by atoms with Crippen molar-refractivity contribution in [2.24, 2.45) is 5.92 Å². The first-order valence-electron chi connectivity index (χ1n) is 6.54. The normalized spacial score (nSPS) is 25.1. The summed E-state index contributed by atoms with van der Waals surface area (Å²) in [5.74, 6) is -0.820. The third kappa shape index (κ3) is 3.70. The Morgan fingerprint density at radius 3 is 2.56 bits per heavy atom. The molecule has 0 aliphatic carbocycles. The summed E-state index contributed by atoms with van der Waals surface area (Å²) in [5, 5.41) is 12.1. The second kappa shape index (κ2) is 5.69. The summed E-state index contributed by atoms with van der Waals surface area (Å²) in [4.78, 5) is 24.8. The summed E-state index contributed by atoms with van der Waals surface area (Å²) in [6.07, 6.45) is 1.68. The van der Waals surface area contributed by atoms with Crippen LogP contribution in [-0.2, 0) is 9.59 Å². The molecule has 0 saturated carbocycles. The fourth-order valence-corrected chi connectivity index (χ4v) is 2.29. The highest BCUT2D eigenvalue weighted by molar-refractivity contribution is 5.80. The van der Waals surface area contributed by atoms with Crippen molar-refractivity contribution < 1.29 is 14.7 Å². The van der Waals surface area contributed by atoms with Crippen molar-refractivity contribution in [1.29, 1.82) is 0 Å². The van der Waals surface area contributed by atoms with Gasteiger partial charge in [-0.2, -0.15) is 0 Å². The predicted molar refractivity (Wildman–Crippen MR) is 69.3 cm³/mol. The zero-order valence-electron chi connectivity index (χ0n) is 11.7. The van der Waals surface area contributed by atoms with Gasteiger partial charge in [-0.05, 0) is 39.2 Å². The van der Waals surface area contributed by atoms with E-state index in [2.05, 4.69) is 5.32 Å². The lowest BCUT2D eigenvalue weighted by Gasteiger charge is -2.27. The van der Waals surface area contributed by atoms with Crippen LogP contribution in [0.3, 0.4) is 0 Å².